The lowest BCUT2D eigenvalue weighted by Gasteiger charge is -2.38. The molecule has 20 heavy (non-hydrogen) atoms. The average molecular weight is 282 g/mol. The van der Waals surface area contributed by atoms with E-state index in [1.54, 1.807) is 26.2 Å². The van der Waals surface area contributed by atoms with Crippen molar-refractivity contribution in [2.75, 3.05) is 21.3 Å². The van der Waals surface area contributed by atoms with Gasteiger partial charge in [-0.15, -0.1) is 0 Å². The molecule has 0 saturated carbocycles. The Hall–Kier alpha value is -1.79. The summed E-state index contributed by atoms with van der Waals surface area (Å²) in [6, 6.07) is 3.50. The Morgan fingerprint density at radius 3 is 2.40 bits per heavy atom. The van der Waals surface area contributed by atoms with E-state index in [2.05, 4.69) is 0 Å². The van der Waals surface area contributed by atoms with Crippen LogP contribution < -0.4 is 9.47 Å². The summed E-state index contributed by atoms with van der Waals surface area (Å²) in [5.74, 6) is -1.06. The van der Waals surface area contributed by atoms with E-state index in [0.29, 0.717) is 17.1 Å². The number of ether oxygens (including phenoxy) is 4. The molecule has 0 amide bonds. The van der Waals surface area contributed by atoms with Gasteiger partial charge in [0, 0.05) is 19.1 Å². The number of carbonyl (C=O) groups is 1. The van der Waals surface area contributed by atoms with Crippen molar-refractivity contribution in [1.82, 2.24) is 0 Å². The molecule has 2 atom stereocenters. The van der Waals surface area contributed by atoms with Crippen molar-refractivity contribution in [2.45, 2.75) is 25.2 Å². The Kier molecular flexibility index (Phi) is 3.87. The van der Waals surface area contributed by atoms with E-state index in [1.165, 1.54) is 14.2 Å². The second-order valence-corrected chi connectivity index (χ2v) is 4.62. The molecule has 0 radical (unpaired) electrons. The lowest BCUT2D eigenvalue weighted by molar-refractivity contribution is -0.253. The Morgan fingerprint density at radius 2 is 1.90 bits per heavy atom. The molecule has 1 N–H and O–H groups in total. The van der Waals surface area contributed by atoms with Crippen molar-refractivity contribution < 1.29 is 28.8 Å². The predicted octanol–water partition coefficient (Wildman–Crippen LogP) is 1.55. The molecule has 1 aromatic rings. The van der Waals surface area contributed by atoms with Gasteiger partial charge >= 0.3 is 5.97 Å². The molecule has 6 nitrogen and oxygen atoms in total. The number of hydrogen-bond donors (Lipinski definition) is 1. The second kappa shape index (κ2) is 5.30. The van der Waals surface area contributed by atoms with Crippen LogP contribution >= 0.6 is 0 Å². The summed E-state index contributed by atoms with van der Waals surface area (Å²) in [6.07, 6.45) is -0.794. The quantitative estimate of drug-likeness (QED) is 0.903. The summed E-state index contributed by atoms with van der Waals surface area (Å²) in [6.45, 7) is 1.67. The van der Waals surface area contributed by atoms with E-state index in [0.717, 1.165) is 5.56 Å². The van der Waals surface area contributed by atoms with Crippen LogP contribution in [0.5, 0.6) is 11.5 Å². The standard InChI is InChI=1S/C14H18O6/c1-14(19-4)12-8(7-11(20-14)13(15)16)9(17-2)5-6-10(12)18-3/h5-6,11H,7H2,1-4H3,(H,15,16). The first-order chi connectivity index (χ1) is 9.46. The maximum atomic E-state index is 11.3. The molecule has 1 heterocycles. The van der Waals surface area contributed by atoms with E-state index < -0.39 is 17.9 Å². The molecule has 2 rings (SSSR count). The summed E-state index contributed by atoms with van der Waals surface area (Å²) in [5, 5.41) is 9.23. The van der Waals surface area contributed by atoms with E-state index in [1.807, 2.05) is 0 Å². The van der Waals surface area contributed by atoms with Gasteiger partial charge in [-0.1, -0.05) is 0 Å². The summed E-state index contributed by atoms with van der Waals surface area (Å²) in [7, 11) is 4.55. The van der Waals surface area contributed by atoms with E-state index in [4.69, 9.17) is 18.9 Å². The first-order valence-electron chi connectivity index (χ1n) is 6.17. The lowest BCUT2D eigenvalue weighted by atomic mass is 9.90. The van der Waals surface area contributed by atoms with Crippen LogP contribution in [0.3, 0.4) is 0 Å². The smallest absolute Gasteiger partial charge is 0.333 e. The summed E-state index contributed by atoms with van der Waals surface area (Å²) < 4.78 is 21.7. The number of carboxylic acids is 1. The van der Waals surface area contributed by atoms with Gasteiger partial charge < -0.3 is 24.1 Å². The summed E-state index contributed by atoms with van der Waals surface area (Å²) in [4.78, 5) is 11.3. The van der Waals surface area contributed by atoms with Gasteiger partial charge in [-0.05, 0) is 19.1 Å². The molecule has 1 aromatic carbocycles. The summed E-state index contributed by atoms with van der Waals surface area (Å²) in [5.41, 5.74) is 1.40. The minimum absolute atomic E-state index is 0.198. The highest BCUT2D eigenvalue weighted by molar-refractivity contribution is 5.74. The average Bonchev–Trinajstić information content (AvgIpc) is 2.45. The third-order valence-corrected chi connectivity index (χ3v) is 3.55. The monoisotopic (exact) mass is 282 g/mol. The third-order valence-electron chi connectivity index (χ3n) is 3.55. The number of benzene rings is 1. The van der Waals surface area contributed by atoms with Gasteiger partial charge in [-0.2, -0.15) is 0 Å². The highest BCUT2D eigenvalue weighted by atomic mass is 16.7. The first kappa shape index (κ1) is 14.6. The molecule has 0 saturated heterocycles. The van der Waals surface area contributed by atoms with Gasteiger partial charge in [-0.25, -0.2) is 4.79 Å². The Balaban J connectivity index is 2.66. The van der Waals surface area contributed by atoms with Crippen molar-refractivity contribution in [3.8, 4) is 11.5 Å². The molecule has 0 spiro atoms. The van der Waals surface area contributed by atoms with E-state index in [-0.39, 0.29) is 6.42 Å². The van der Waals surface area contributed by atoms with Gasteiger partial charge in [0.2, 0.25) is 0 Å². The van der Waals surface area contributed by atoms with Crippen molar-refractivity contribution >= 4 is 5.97 Å². The van der Waals surface area contributed by atoms with Crippen LogP contribution in [0.15, 0.2) is 12.1 Å². The van der Waals surface area contributed by atoms with Crippen molar-refractivity contribution in [2.24, 2.45) is 0 Å². The molecule has 0 bridgehead atoms. The predicted molar refractivity (Wildman–Crippen MR) is 70.1 cm³/mol. The Bertz CT molecular complexity index is 527. The molecule has 110 valence electrons. The van der Waals surface area contributed by atoms with Crippen LogP contribution in [0.25, 0.3) is 0 Å². The number of rotatable bonds is 4. The Morgan fingerprint density at radius 1 is 1.30 bits per heavy atom. The molecular formula is C14H18O6. The molecule has 6 heteroatoms. The maximum Gasteiger partial charge on any atom is 0.333 e. The van der Waals surface area contributed by atoms with Crippen molar-refractivity contribution in [3.05, 3.63) is 23.3 Å². The number of aliphatic carboxylic acids is 1. The Labute approximate surface area is 117 Å². The molecule has 2 unspecified atom stereocenters. The fourth-order valence-corrected chi connectivity index (χ4v) is 2.51. The SMILES string of the molecule is COc1ccc(OC)c2c1CC(C(=O)O)OC2(C)OC. The normalized spacial score (nSPS) is 24.9. The van der Waals surface area contributed by atoms with E-state index in [9.17, 15) is 9.90 Å². The van der Waals surface area contributed by atoms with Gasteiger partial charge in [0.05, 0.1) is 19.8 Å². The van der Waals surface area contributed by atoms with Gasteiger partial charge in [0.25, 0.3) is 0 Å². The molecular weight excluding hydrogens is 264 g/mol. The molecule has 0 fully saturated rings. The minimum Gasteiger partial charge on any atom is -0.496 e. The van der Waals surface area contributed by atoms with Crippen molar-refractivity contribution in [3.63, 3.8) is 0 Å². The van der Waals surface area contributed by atoms with Gasteiger partial charge in [0.15, 0.2) is 11.9 Å². The number of fused-ring (bicyclic) bond motifs is 1. The largest absolute Gasteiger partial charge is 0.496 e. The fraction of sp³-hybridized carbons (Fsp3) is 0.500. The van der Waals surface area contributed by atoms with Crippen LogP contribution in [0.4, 0.5) is 0 Å². The van der Waals surface area contributed by atoms with Gasteiger partial charge in [-0.3, -0.25) is 0 Å². The van der Waals surface area contributed by atoms with Crippen LogP contribution in [0, 0.1) is 0 Å². The number of methoxy groups -OCH3 is 3. The second-order valence-electron chi connectivity index (χ2n) is 4.62. The zero-order valence-corrected chi connectivity index (χ0v) is 11.9. The third kappa shape index (κ3) is 2.21. The topological polar surface area (TPSA) is 74.2 Å². The first-order valence-corrected chi connectivity index (χ1v) is 6.17. The van der Waals surface area contributed by atoms with Crippen LogP contribution in [-0.4, -0.2) is 38.5 Å². The van der Waals surface area contributed by atoms with Crippen LogP contribution in [0.2, 0.25) is 0 Å². The zero-order chi connectivity index (χ0) is 14.9. The lowest BCUT2D eigenvalue weighted by Crippen LogP contribution is -2.43. The minimum atomic E-state index is -1.20. The fourth-order valence-electron chi connectivity index (χ4n) is 2.51. The number of carboxylic acid groups (broad SMARTS) is 1. The highest BCUT2D eigenvalue weighted by Gasteiger charge is 2.44. The highest BCUT2D eigenvalue weighted by Crippen LogP contribution is 2.45. The molecule has 0 aromatic heterocycles. The maximum absolute atomic E-state index is 11.3. The summed E-state index contributed by atoms with van der Waals surface area (Å²) >= 11 is 0. The molecule has 1 aliphatic heterocycles. The zero-order valence-electron chi connectivity index (χ0n) is 11.9. The van der Waals surface area contributed by atoms with E-state index >= 15 is 0 Å². The molecule has 1 aliphatic rings. The molecule has 0 aliphatic carbocycles. The van der Waals surface area contributed by atoms with Crippen LogP contribution in [0.1, 0.15) is 18.1 Å². The number of hydrogen-bond acceptors (Lipinski definition) is 5. The van der Waals surface area contributed by atoms with Crippen LogP contribution in [-0.2, 0) is 26.5 Å². The van der Waals surface area contributed by atoms with Gasteiger partial charge in [0.1, 0.15) is 11.5 Å². The van der Waals surface area contributed by atoms with Crippen molar-refractivity contribution in [1.29, 1.82) is 0 Å².